The molecule has 2 N–H and O–H groups in total. The number of aromatic nitrogens is 3. The molecule has 0 unspecified atom stereocenters. The van der Waals surface area contributed by atoms with Gasteiger partial charge >= 0.3 is 0 Å². The lowest BCUT2D eigenvalue weighted by Crippen LogP contribution is -2.22. The van der Waals surface area contributed by atoms with Crippen LogP contribution >= 0.6 is 0 Å². The minimum absolute atomic E-state index is 0.552. The van der Waals surface area contributed by atoms with Crippen molar-refractivity contribution in [3.63, 3.8) is 0 Å². The summed E-state index contributed by atoms with van der Waals surface area (Å²) < 4.78 is 0. The standard InChI is InChI=1S/C22H25N5/c1-2-6-20(7-3-1)27-22-14-19(9-12-25-22)18-8-11-24-21(13-18)26-16-17-5-4-10-23-15-17/h4-5,8-15,20H,1-3,6-7,16H2,(H,24,26)(H,25,27). The van der Waals surface area contributed by atoms with Crippen LogP contribution in [-0.4, -0.2) is 21.0 Å². The first-order valence-corrected chi connectivity index (χ1v) is 9.69. The van der Waals surface area contributed by atoms with E-state index in [1.54, 1.807) is 6.20 Å². The molecule has 0 aromatic carbocycles. The van der Waals surface area contributed by atoms with Gasteiger partial charge in [-0.05, 0) is 59.9 Å². The van der Waals surface area contributed by atoms with Crippen LogP contribution in [0, 0.1) is 0 Å². The second-order valence-electron chi connectivity index (χ2n) is 7.05. The third-order valence-electron chi connectivity index (χ3n) is 5.01. The van der Waals surface area contributed by atoms with Crippen LogP contribution in [0.4, 0.5) is 11.6 Å². The monoisotopic (exact) mass is 359 g/mol. The van der Waals surface area contributed by atoms with Crippen molar-refractivity contribution in [1.29, 1.82) is 0 Å². The highest BCUT2D eigenvalue weighted by molar-refractivity contribution is 5.68. The van der Waals surface area contributed by atoms with Gasteiger partial charge in [0.25, 0.3) is 0 Å². The lowest BCUT2D eigenvalue weighted by atomic mass is 9.95. The van der Waals surface area contributed by atoms with E-state index in [1.807, 2.05) is 36.8 Å². The molecule has 0 spiro atoms. The van der Waals surface area contributed by atoms with E-state index in [0.717, 1.165) is 28.3 Å². The molecule has 0 atom stereocenters. The molecule has 1 aliphatic carbocycles. The number of pyridine rings is 3. The fraction of sp³-hybridized carbons (Fsp3) is 0.318. The summed E-state index contributed by atoms with van der Waals surface area (Å²) >= 11 is 0. The van der Waals surface area contributed by atoms with E-state index in [-0.39, 0.29) is 0 Å². The summed E-state index contributed by atoms with van der Waals surface area (Å²) in [5.74, 6) is 1.82. The van der Waals surface area contributed by atoms with Gasteiger partial charge in [0, 0.05) is 37.4 Å². The van der Waals surface area contributed by atoms with Crippen LogP contribution in [0.1, 0.15) is 37.7 Å². The number of hydrogen-bond acceptors (Lipinski definition) is 5. The average molecular weight is 359 g/mol. The zero-order valence-corrected chi connectivity index (χ0v) is 15.4. The Balaban J connectivity index is 1.45. The summed E-state index contributed by atoms with van der Waals surface area (Å²) in [6.45, 7) is 0.703. The maximum absolute atomic E-state index is 4.51. The largest absolute Gasteiger partial charge is 0.367 e. The summed E-state index contributed by atoms with van der Waals surface area (Å²) in [7, 11) is 0. The summed E-state index contributed by atoms with van der Waals surface area (Å²) in [6, 6.07) is 12.8. The van der Waals surface area contributed by atoms with Crippen LogP contribution in [0.15, 0.2) is 61.2 Å². The second kappa shape index (κ2) is 8.62. The number of anilines is 2. The highest BCUT2D eigenvalue weighted by atomic mass is 15.0. The molecule has 3 aromatic heterocycles. The molecule has 1 saturated carbocycles. The Bertz CT molecular complexity index is 859. The molecule has 3 heterocycles. The Morgan fingerprint density at radius 3 is 2.33 bits per heavy atom. The SMILES string of the molecule is c1cncc(CNc2cc(-c3ccnc(NC4CCCCC4)c3)ccn2)c1. The van der Waals surface area contributed by atoms with Crippen LogP contribution < -0.4 is 10.6 Å². The molecule has 3 aromatic rings. The summed E-state index contributed by atoms with van der Waals surface area (Å²) in [4.78, 5) is 13.1. The Kier molecular flexibility index (Phi) is 5.58. The Labute approximate surface area is 160 Å². The van der Waals surface area contributed by atoms with Crippen LogP contribution in [-0.2, 0) is 6.54 Å². The molecule has 27 heavy (non-hydrogen) atoms. The van der Waals surface area contributed by atoms with E-state index in [1.165, 1.54) is 32.1 Å². The molecule has 1 fully saturated rings. The highest BCUT2D eigenvalue weighted by Crippen LogP contribution is 2.25. The third kappa shape index (κ3) is 4.82. The van der Waals surface area contributed by atoms with E-state index < -0.39 is 0 Å². The molecular formula is C22H25N5. The molecule has 5 nitrogen and oxygen atoms in total. The molecule has 0 bridgehead atoms. The lowest BCUT2D eigenvalue weighted by Gasteiger charge is -2.23. The van der Waals surface area contributed by atoms with Crippen LogP contribution in [0.5, 0.6) is 0 Å². The van der Waals surface area contributed by atoms with Crippen LogP contribution in [0.2, 0.25) is 0 Å². The van der Waals surface area contributed by atoms with Crippen molar-refractivity contribution in [2.24, 2.45) is 0 Å². The van der Waals surface area contributed by atoms with Gasteiger partial charge in [0.15, 0.2) is 0 Å². The predicted octanol–water partition coefficient (Wildman–Crippen LogP) is 4.90. The quantitative estimate of drug-likeness (QED) is 0.656. The van der Waals surface area contributed by atoms with Gasteiger partial charge in [0.1, 0.15) is 11.6 Å². The van der Waals surface area contributed by atoms with Crippen molar-refractivity contribution in [3.8, 4) is 11.1 Å². The van der Waals surface area contributed by atoms with Gasteiger partial charge in [0.05, 0.1) is 0 Å². The zero-order chi connectivity index (χ0) is 18.3. The molecule has 4 rings (SSSR count). The molecule has 5 heteroatoms. The normalized spacial score (nSPS) is 14.7. The van der Waals surface area contributed by atoms with Gasteiger partial charge < -0.3 is 10.6 Å². The van der Waals surface area contributed by atoms with E-state index in [9.17, 15) is 0 Å². The van der Waals surface area contributed by atoms with E-state index in [2.05, 4.69) is 43.8 Å². The van der Waals surface area contributed by atoms with Crippen molar-refractivity contribution in [2.45, 2.75) is 44.7 Å². The number of nitrogens with one attached hydrogen (secondary N) is 2. The number of nitrogens with zero attached hydrogens (tertiary/aromatic N) is 3. The van der Waals surface area contributed by atoms with Crippen LogP contribution in [0.3, 0.4) is 0 Å². The van der Waals surface area contributed by atoms with E-state index >= 15 is 0 Å². The number of hydrogen-bond donors (Lipinski definition) is 2. The maximum Gasteiger partial charge on any atom is 0.126 e. The van der Waals surface area contributed by atoms with Crippen molar-refractivity contribution in [2.75, 3.05) is 10.6 Å². The Hall–Kier alpha value is -2.95. The molecule has 1 aliphatic rings. The van der Waals surface area contributed by atoms with Crippen molar-refractivity contribution < 1.29 is 0 Å². The maximum atomic E-state index is 4.51. The number of rotatable bonds is 6. The Morgan fingerprint density at radius 2 is 1.59 bits per heavy atom. The van der Waals surface area contributed by atoms with Crippen molar-refractivity contribution >= 4 is 11.6 Å². The van der Waals surface area contributed by atoms with Gasteiger partial charge in [-0.1, -0.05) is 25.3 Å². The summed E-state index contributed by atoms with van der Waals surface area (Å²) in [5, 5.41) is 6.97. The first-order chi connectivity index (χ1) is 13.4. The first kappa shape index (κ1) is 17.5. The Morgan fingerprint density at radius 1 is 0.852 bits per heavy atom. The van der Waals surface area contributed by atoms with Gasteiger partial charge in [-0.2, -0.15) is 0 Å². The van der Waals surface area contributed by atoms with Gasteiger partial charge in [-0.25, -0.2) is 9.97 Å². The van der Waals surface area contributed by atoms with Crippen molar-refractivity contribution in [1.82, 2.24) is 15.0 Å². The minimum Gasteiger partial charge on any atom is -0.367 e. The molecule has 0 aliphatic heterocycles. The van der Waals surface area contributed by atoms with E-state index in [0.29, 0.717) is 12.6 Å². The van der Waals surface area contributed by atoms with Crippen molar-refractivity contribution in [3.05, 3.63) is 66.7 Å². The summed E-state index contributed by atoms with van der Waals surface area (Å²) in [6.07, 6.45) is 13.8. The molecule has 138 valence electrons. The molecule has 0 radical (unpaired) electrons. The first-order valence-electron chi connectivity index (χ1n) is 9.69. The predicted molar refractivity (Wildman–Crippen MR) is 110 cm³/mol. The fourth-order valence-electron chi connectivity index (χ4n) is 3.55. The second-order valence-corrected chi connectivity index (χ2v) is 7.05. The summed E-state index contributed by atoms with van der Waals surface area (Å²) in [5.41, 5.74) is 3.41. The van der Waals surface area contributed by atoms with E-state index in [4.69, 9.17) is 0 Å². The lowest BCUT2D eigenvalue weighted by molar-refractivity contribution is 0.462. The smallest absolute Gasteiger partial charge is 0.126 e. The molecule has 0 amide bonds. The fourth-order valence-corrected chi connectivity index (χ4v) is 3.55. The highest BCUT2D eigenvalue weighted by Gasteiger charge is 2.13. The third-order valence-corrected chi connectivity index (χ3v) is 5.01. The van der Waals surface area contributed by atoms with Crippen LogP contribution in [0.25, 0.3) is 11.1 Å². The topological polar surface area (TPSA) is 62.7 Å². The van der Waals surface area contributed by atoms with Gasteiger partial charge in [-0.15, -0.1) is 0 Å². The van der Waals surface area contributed by atoms with Gasteiger partial charge in [0.2, 0.25) is 0 Å². The minimum atomic E-state index is 0.552. The average Bonchev–Trinajstić information content (AvgIpc) is 2.74. The molecule has 0 saturated heterocycles. The van der Waals surface area contributed by atoms with Gasteiger partial charge in [-0.3, -0.25) is 4.98 Å². The molecular weight excluding hydrogens is 334 g/mol. The zero-order valence-electron chi connectivity index (χ0n) is 15.4.